The summed E-state index contributed by atoms with van der Waals surface area (Å²) in [6.07, 6.45) is -0.324. The lowest BCUT2D eigenvalue weighted by molar-refractivity contribution is 0.0765. The van der Waals surface area contributed by atoms with E-state index in [0.29, 0.717) is 6.61 Å². The average Bonchev–Trinajstić information content (AvgIpc) is 2.08. The van der Waals surface area contributed by atoms with E-state index in [4.69, 9.17) is 5.11 Å². The van der Waals surface area contributed by atoms with Crippen LogP contribution in [-0.2, 0) is 4.74 Å². The maximum absolute atomic E-state index is 8.43. The molecule has 68 valence electrons. The van der Waals surface area contributed by atoms with Crippen LogP contribution in [0.25, 0.3) is 0 Å². The Morgan fingerprint density at radius 3 is 1.50 bits per heavy atom. The van der Waals surface area contributed by atoms with Gasteiger partial charge in [-0.2, -0.15) is 0 Å². The highest BCUT2D eigenvalue weighted by Crippen LogP contribution is 1.79. The SMILES string of the molecule is COCC(C)O.c1ccccc1. The Kier molecular flexibility index (Phi) is 7.65. The Morgan fingerprint density at radius 1 is 1.08 bits per heavy atom. The molecule has 0 bridgehead atoms. The molecule has 0 aromatic heterocycles. The van der Waals surface area contributed by atoms with E-state index in [1.807, 2.05) is 36.4 Å². The van der Waals surface area contributed by atoms with Gasteiger partial charge in [0, 0.05) is 7.11 Å². The summed E-state index contributed by atoms with van der Waals surface area (Å²) in [5.74, 6) is 0. The van der Waals surface area contributed by atoms with E-state index in [0.717, 1.165) is 0 Å². The van der Waals surface area contributed by atoms with Gasteiger partial charge in [-0.3, -0.25) is 0 Å². The highest BCUT2D eigenvalue weighted by molar-refractivity contribution is 4.99. The Bertz CT molecular complexity index is 134. The Morgan fingerprint density at radius 2 is 1.42 bits per heavy atom. The van der Waals surface area contributed by atoms with Gasteiger partial charge in [0.2, 0.25) is 0 Å². The van der Waals surface area contributed by atoms with Crippen molar-refractivity contribution in [3.8, 4) is 0 Å². The van der Waals surface area contributed by atoms with Crippen molar-refractivity contribution in [2.45, 2.75) is 13.0 Å². The summed E-state index contributed by atoms with van der Waals surface area (Å²) in [6, 6.07) is 12.0. The molecule has 0 radical (unpaired) electrons. The van der Waals surface area contributed by atoms with E-state index in [1.165, 1.54) is 0 Å². The molecule has 0 saturated heterocycles. The second kappa shape index (κ2) is 8.24. The van der Waals surface area contributed by atoms with Crippen LogP contribution in [0.2, 0.25) is 0 Å². The van der Waals surface area contributed by atoms with Crippen LogP contribution in [0.3, 0.4) is 0 Å². The standard InChI is InChI=1S/C6H6.C4H10O2/c1-2-4-6-5-3-1;1-4(5)3-6-2/h1-6H;4-5H,3H2,1-2H3. The van der Waals surface area contributed by atoms with E-state index in [1.54, 1.807) is 14.0 Å². The molecule has 0 aliphatic heterocycles. The number of methoxy groups -OCH3 is 1. The minimum atomic E-state index is -0.324. The first-order valence-electron chi connectivity index (χ1n) is 3.94. The van der Waals surface area contributed by atoms with Crippen molar-refractivity contribution >= 4 is 0 Å². The predicted octanol–water partition coefficient (Wildman–Crippen LogP) is 1.70. The first kappa shape index (κ1) is 11.1. The second-order valence-electron chi connectivity index (χ2n) is 2.46. The molecule has 1 N–H and O–H groups in total. The minimum absolute atomic E-state index is 0.324. The first-order chi connectivity index (χ1) is 5.77. The highest BCUT2D eigenvalue weighted by Gasteiger charge is 1.87. The van der Waals surface area contributed by atoms with Gasteiger partial charge in [0.15, 0.2) is 0 Å². The topological polar surface area (TPSA) is 29.5 Å². The molecule has 1 aromatic carbocycles. The molecule has 0 fully saturated rings. The van der Waals surface area contributed by atoms with Gasteiger partial charge in [0.1, 0.15) is 0 Å². The number of rotatable bonds is 2. The van der Waals surface area contributed by atoms with Gasteiger partial charge >= 0.3 is 0 Å². The van der Waals surface area contributed by atoms with Crippen molar-refractivity contribution in [3.63, 3.8) is 0 Å². The minimum Gasteiger partial charge on any atom is -0.391 e. The van der Waals surface area contributed by atoms with Crippen LogP contribution >= 0.6 is 0 Å². The van der Waals surface area contributed by atoms with Crippen molar-refractivity contribution in [1.82, 2.24) is 0 Å². The average molecular weight is 168 g/mol. The summed E-state index contributed by atoms with van der Waals surface area (Å²) in [4.78, 5) is 0. The van der Waals surface area contributed by atoms with Gasteiger partial charge in [-0.15, -0.1) is 0 Å². The van der Waals surface area contributed by atoms with Gasteiger partial charge in [0.05, 0.1) is 12.7 Å². The summed E-state index contributed by atoms with van der Waals surface area (Å²) in [6.45, 7) is 2.11. The summed E-state index contributed by atoms with van der Waals surface area (Å²) in [5.41, 5.74) is 0. The zero-order valence-corrected chi connectivity index (χ0v) is 7.60. The fourth-order valence-corrected chi connectivity index (χ4v) is 0.626. The molecule has 0 aliphatic rings. The van der Waals surface area contributed by atoms with Crippen molar-refractivity contribution in [2.24, 2.45) is 0 Å². The Labute approximate surface area is 73.8 Å². The Balaban J connectivity index is 0.000000202. The normalized spacial score (nSPS) is 11.2. The van der Waals surface area contributed by atoms with Crippen LogP contribution in [0.15, 0.2) is 36.4 Å². The van der Waals surface area contributed by atoms with Gasteiger partial charge in [-0.25, -0.2) is 0 Å². The quantitative estimate of drug-likeness (QED) is 0.728. The molecule has 0 spiro atoms. The van der Waals surface area contributed by atoms with Crippen LogP contribution in [0.4, 0.5) is 0 Å². The summed E-state index contributed by atoms with van der Waals surface area (Å²) < 4.78 is 4.55. The molecule has 1 rings (SSSR count). The lowest BCUT2D eigenvalue weighted by Gasteiger charge is -1.97. The molecule has 2 heteroatoms. The molecule has 1 aromatic rings. The van der Waals surface area contributed by atoms with Crippen LogP contribution < -0.4 is 0 Å². The maximum Gasteiger partial charge on any atom is 0.0745 e. The molecule has 0 saturated carbocycles. The number of hydrogen-bond acceptors (Lipinski definition) is 2. The molecular weight excluding hydrogens is 152 g/mol. The summed E-state index contributed by atoms with van der Waals surface area (Å²) in [7, 11) is 1.56. The smallest absolute Gasteiger partial charge is 0.0745 e. The molecule has 12 heavy (non-hydrogen) atoms. The zero-order valence-electron chi connectivity index (χ0n) is 7.60. The van der Waals surface area contributed by atoms with Crippen molar-refractivity contribution in [3.05, 3.63) is 36.4 Å². The van der Waals surface area contributed by atoms with Crippen LogP contribution in [-0.4, -0.2) is 24.9 Å². The number of hydrogen-bond donors (Lipinski definition) is 1. The molecule has 0 heterocycles. The lowest BCUT2D eigenvalue weighted by Crippen LogP contribution is -2.07. The van der Waals surface area contributed by atoms with E-state index in [2.05, 4.69) is 4.74 Å². The third-order valence-corrected chi connectivity index (χ3v) is 1.07. The number of aliphatic hydroxyl groups excluding tert-OH is 1. The molecule has 0 aliphatic carbocycles. The zero-order chi connectivity index (χ0) is 9.23. The third-order valence-electron chi connectivity index (χ3n) is 1.07. The van der Waals surface area contributed by atoms with E-state index in [-0.39, 0.29) is 6.10 Å². The first-order valence-corrected chi connectivity index (χ1v) is 3.94. The van der Waals surface area contributed by atoms with Crippen LogP contribution in [0, 0.1) is 0 Å². The summed E-state index contributed by atoms with van der Waals surface area (Å²) >= 11 is 0. The number of aliphatic hydroxyl groups is 1. The van der Waals surface area contributed by atoms with Crippen molar-refractivity contribution in [1.29, 1.82) is 0 Å². The van der Waals surface area contributed by atoms with Crippen molar-refractivity contribution < 1.29 is 9.84 Å². The highest BCUT2D eigenvalue weighted by atomic mass is 16.5. The largest absolute Gasteiger partial charge is 0.391 e. The second-order valence-corrected chi connectivity index (χ2v) is 2.46. The number of benzene rings is 1. The van der Waals surface area contributed by atoms with Crippen LogP contribution in [0.1, 0.15) is 6.92 Å². The third kappa shape index (κ3) is 9.14. The van der Waals surface area contributed by atoms with Gasteiger partial charge in [-0.05, 0) is 6.92 Å². The number of ether oxygens (including phenoxy) is 1. The van der Waals surface area contributed by atoms with Crippen LogP contribution in [0.5, 0.6) is 0 Å². The molecular formula is C10H16O2. The fraction of sp³-hybridized carbons (Fsp3) is 0.400. The molecule has 1 atom stereocenters. The molecule has 2 nitrogen and oxygen atoms in total. The van der Waals surface area contributed by atoms with E-state index < -0.39 is 0 Å². The molecule has 1 unspecified atom stereocenters. The van der Waals surface area contributed by atoms with Gasteiger partial charge < -0.3 is 9.84 Å². The maximum atomic E-state index is 8.43. The Hall–Kier alpha value is -0.860. The van der Waals surface area contributed by atoms with E-state index >= 15 is 0 Å². The van der Waals surface area contributed by atoms with Gasteiger partial charge in [0.25, 0.3) is 0 Å². The fourth-order valence-electron chi connectivity index (χ4n) is 0.626. The van der Waals surface area contributed by atoms with Crippen molar-refractivity contribution in [2.75, 3.05) is 13.7 Å². The van der Waals surface area contributed by atoms with E-state index in [9.17, 15) is 0 Å². The predicted molar refractivity (Wildman–Crippen MR) is 50.0 cm³/mol. The monoisotopic (exact) mass is 168 g/mol. The summed E-state index contributed by atoms with van der Waals surface area (Å²) in [5, 5.41) is 8.43. The molecule has 0 amide bonds. The van der Waals surface area contributed by atoms with Gasteiger partial charge in [-0.1, -0.05) is 36.4 Å². The lowest BCUT2D eigenvalue weighted by atomic mass is 10.4.